The molecule has 2 N–H and O–H groups in total. The van der Waals surface area contributed by atoms with Crippen molar-refractivity contribution in [1.29, 1.82) is 0 Å². The maximum Gasteiger partial charge on any atom is 0.356 e. The molecule has 0 heterocycles. The van der Waals surface area contributed by atoms with Gasteiger partial charge < -0.3 is 9.79 Å². The second-order valence-electron chi connectivity index (χ2n) is 4.09. The zero-order valence-corrected chi connectivity index (χ0v) is 11.2. The third kappa shape index (κ3) is 2.91. The van der Waals surface area contributed by atoms with Gasteiger partial charge in [0.15, 0.2) is 0 Å². The van der Waals surface area contributed by atoms with Gasteiger partial charge in [-0.25, -0.2) is 0 Å². The summed E-state index contributed by atoms with van der Waals surface area (Å²) in [5.41, 5.74) is -0.0901. The lowest BCUT2D eigenvalue weighted by Gasteiger charge is -2.09. The van der Waals surface area contributed by atoms with Crippen molar-refractivity contribution in [2.75, 3.05) is 0 Å². The van der Waals surface area contributed by atoms with E-state index in [1.807, 2.05) is 0 Å². The first-order valence-corrected chi connectivity index (χ1v) is 7.31. The van der Waals surface area contributed by atoms with Crippen LogP contribution in [0.1, 0.15) is 20.7 Å². The van der Waals surface area contributed by atoms with E-state index in [0.29, 0.717) is 0 Å². The molecule has 0 aromatic heterocycles. The van der Waals surface area contributed by atoms with Gasteiger partial charge in [-0.1, -0.05) is 42.5 Å². The molecule has 5 nitrogen and oxygen atoms in total. The normalized spacial score (nSPS) is 11.1. The van der Waals surface area contributed by atoms with Crippen LogP contribution in [0.2, 0.25) is 0 Å². The summed E-state index contributed by atoms with van der Waals surface area (Å²) in [6, 6.07) is 13.1. The van der Waals surface area contributed by atoms with E-state index in [2.05, 4.69) is 0 Å². The van der Waals surface area contributed by atoms with E-state index >= 15 is 0 Å². The molecule has 0 aliphatic rings. The minimum absolute atomic E-state index is 0.179. The standard InChI is InChI=1S/C14H11O5P/c15-13(10-6-2-1-3-7-10)14(16)11-8-4-5-9-12(11)20(17,18)19/h1-9H,(H2,17,18,19). The number of benzene rings is 2. The third-order valence-electron chi connectivity index (χ3n) is 2.70. The molecule has 2 aromatic carbocycles. The average molecular weight is 290 g/mol. The van der Waals surface area contributed by atoms with Crippen LogP contribution in [0.25, 0.3) is 0 Å². The van der Waals surface area contributed by atoms with Crippen LogP contribution >= 0.6 is 7.60 Å². The molecule has 0 amide bonds. The smallest absolute Gasteiger partial charge is 0.321 e. The van der Waals surface area contributed by atoms with Crippen molar-refractivity contribution in [3.05, 3.63) is 65.7 Å². The Morgan fingerprint density at radius 2 is 1.35 bits per heavy atom. The highest BCUT2D eigenvalue weighted by Gasteiger charge is 2.28. The molecular formula is C14H11O5P. The average Bonchev–Trinajstić information content (AvgIpc) is 2.46. The molecule has 0 radical (unpaired) electrons. The Labute approximate surface area is 115 Å². The van der Waals surface area contributed by atoms with E-state index in [1.165, 1.54) is 30.3 Å². The van der Waals surface area contributed by atoms with Crippen LogP contribution < -0.4 is 5.30 Å². The van der Waals surface area contributed by atoms with Gasteiger partial charge in [0.05, 0.1) is 5.30 Å². The lowest BCUT2D eigenvalue weighted by molar-refractivity contribution is 0.0817. The Morgan fingerprint density at radius 1 is 0.800 bits per heavy atom. The summed E-state index contributed by atoms with van der Waals surface area (Å²) in [6.45, 7) is 0. The van der Waals surface area contributed by atoms with Crippen molar-refractivity contribution in [2.45, 2.75) is 0 Å². The number of ketones is 2. The molecule has 0 aliphatic carbocycles. The van der Waals surface area contributed by atoms with Crippen molar-refractivity contribution in [3.63, 3.8) is 0 Å². The van der Waals surface area contributed by atoms with Crippen molar-refractivity contribution in [1.82, 2.24) is 0 Å². The Hall–Kier alpha value is -2.07. The molecular weight excluding hydrogens is 279 g/mol. The summed E-state index contributed by atoms with van der Waals surface area (Å²) in [7, 11) is -4.61. The van der Waals surface area contributed by atoms with Crippen molar-refractivity contribution >= 4 is 24.5 Å². The van der Waals surface area contributed by atoms with Crippen molar-refractivity contribution in [2.24, 2.45) is 0 Å². The van der Waals surface area contributed by atoms with Crippen LogP contribution in [0.15, 0.2) is 54.6 Å². The summed E-state index contributed by atoms with van der Waals surface area (Å²) < 4.78 is 11.3. The van der Waals surface area contributed by atoms with E-state index in [4.69, 9.17) is 0 Å². The molecule has 0 spiro atoms. The van der Waals surface area contributed by atoms with E-state index in [-0.39, 0.29) is 11.1 Å². The topological polar surface area (TPSA) is 91.7 Å². The Kier molecular flexibility index (Phi) is 3.95. The summed E-state index contributed by atoms with van der Waals surface area (Å²) in [5, 5.41) is -0.436. The lowest BCUT2D eigenvalue weighted by Crippen LogP contribution is -2.22. The van der Waals surface area contributed by atoms with Crippen LogP contribution in [-0.2, 0) is 4.57 Å². The van der Waals surface area contributed by atoms with Gasteiger partial charge >= 0.3 is 7.60 Å². The Morgan fingerprint density at radius 3 is 1.95 bits per heavy atom. The molecule has 0 saturated heterocycles. The number of carbonyl (C=O) groups is 2. The number of rotatable bonds is 4. The van der Waals surface area contributed by atoms with Gasteiger partial charge in [0.25, 0.3) is 0 Å². The quantitative estimate of drug-likeness (QED) is 0.506. The Balaban J connectivity index is 2.46. The van der Waals surface area contributed by atoms with E-state index in [0.717, 1.165) is 6.07 Å². The molecule has 0 unspecified atom stereocenters. The number of hydrogen-bond acceptors (Lipinski definition) is 3. The fourth-order valence-corrected chi connectivity index (χ4v) is 2.53. The molecule has 0 aliphatic heterocycles. The highest BCUT2D eigenvalue weighted by atomic mass is 31.2. The van der Waals surface area contributed by atoms with Gasteiger partial charge in [-0.3, -0.25) is 14.2 Å². The largest absolute Gasteiger partial charge is 0.356 e. The fraction of sp³-hybridized carbons (Fsp3) is 0. The number of hydrogen-bond donors (Lipinski definition) is 2. The molecule has 2 aromatic rings. The highest BCUT2D eigenvalue weighted by Crippen LogP contribution is 2.34. The second kappa shape index (κ2) is 5.51. The fourth-order valence-electron chi connectivity index (χ4n) is 1.76. The van der Waals surface area contributed by atoms with Crippen LogP contribution in [0, 0.1) is 0 Å². The molecule has 0 atom stereocenters. The molecule has 2 rings (SSSR count). The van der Waals surface area contributed by atoms with Gasteiger partial charge in [0.2, 0.25) is 11.6 Å². The predicted octanol–water partition coefficient (Wildman–Crippen LogP) is 1.56. The predicted molar refractivity (Wildman–Crippen MR) is 73.2 cm³/mol. The maximum absolute atomic E-state index is 12.1. The molecule has 0 saturated carbocycles. The van der Waals surface area contributed by atoms with E-state index < -0.39 is 24.5 Å². The van der Waals surface area contributed by atoms with Gasteiger partial charge in [0.1, 0.15) is 0 Å². The van der Waals surface area contributed by atoms with Crippen LogP contribution in [-0.4, -0.2) is 21.4 Å². The highest BCUT2D eigenvalue weighted by molar-refractivity contribution is 7.60. The zero-order chi connectivity index (χ0) is 14.8. The minimum atomic E-state index is -4.61. The molecule has 20 heavy (non-hydrogen) atoms. The molecule has 0 fully saturated rings. The second-order valence-corrected chi connectivity index (χ2v) is 5.66. The minimum Gasteiger partial charge on any atom is -0.321 e. The van der Waals surface area contributed by atoms with Gasteiger partial charge in [-0.15, -0.1) is 0 Å². The van der Waals surface area contributed by atoms with Crippen molar-refractivity contribution < 1.29 is 23.9 Å². The first-order valence-electron chi connectivity index (χ1n) is 5.70. The summed E-state index contributed by atoms with van der Waals surface area (Å²) in [6.07, 6.45) is 0. The van der Waals surface area contributed by atoms with Crippen LogP contribution in [0.4, 0.5) is 0 Å². The van der Waals surface area contributed by atoms with E-state index in [9.17, 15) is 23.9 Å². The number of Topliss-reactive ketones (excluding diaryl/α,β-unsaturated/α-hetero) is 2. The summed E-state index contributed by atoms with van der Waals surface area (Å²) >= 11 is 0. The molecule has 6 heteroatoms. The molecule has 0 bridgehead atoms. The van der Waals surface area contributed by atoms with Gasteiger partial charge in [-0.2, -0.15) is 0 Å². The maximum atomic E-state index is 12.1. The van der Waals surface area contributed by atoms with Gasteiger partial charge in [-0.05, 0) is 12.1 Å². The first kappa shape index (κ1) is 14.3. The zero-order valence-electron chi connectivity index (χ0n) is 10.3. The van der Waals surface area contributed by atoms with Gasteiger partial charge in [0, 0.05) is 11.1 Å². The van der Waals surface area contributed by atoms with Crippen molar-refractivity contribution in [3.8, 4) is 0 Å². The SMILES string of the molecule is O=C(C(=O)c1ccccc1P(=O)(O)O)c1ccccc1. The van der Waals surface area contributed by atoms with Crippen LogP contribution in [0.3, 0.4) is 0 Å². The van der Waals surface area contributed by atoms with Crippen LogP contribution in [0.5, 0.6) is 0 Å². The third-order valence-corrected chi connectivity index (χ3v) is 3.72. The summed E-state index contributed by atoms with van der Waals surface area (Å²) in [4.78, 5) is 42.6. The lowest BCUT2D eigenvalue weighted by atomic mass is 10.0. The monoisotopic (exact) mass is 290 g/mol. The molecule has 102 valence electrons. The Bertz CT molecular complexity index is 703. The number of carbonyl (C=O) groups excluding carboxylic acids is 2. The van der Waals surface area contributed by atoms with E-state index in [1.54, 1.807) is 18.2 Å². The first-order chi connectivity index (χ1) is 9.41. The summed E-state index contributed by atoms with van der Waals surface area (Å²) in [5.74, 6) is -1.73.